The van der Waals surface area contributed by atoms with Crippen LogP contribution in [0.4, 0.5) is 5.69 Å². The number of benzene rings is 2. The van der Waals surface area contributed by atoms with Crippen LogP contribution in [0.5, 0.6) is 5.75 Å². The standard InChI is InChI=1S/C16H18INO/c1-12(2)19-16-8-3-5-13(9-16)11-18-15-7-4-6-14(17)10-15/h3-10,12,18H,11H2,1-2H3. The normalized spacial score (nSPS) is 10.5. The molecular formula is C16H18INO. The highest BCUT2D eigenvalue weighted by molar-refractivity contribution is 14.1. The second-order valence-electron chi connectivity index (χ2n) is 4.68. The van der Waals surface area contributed by atoms with Gasteiger partial charge in [-0.2, -0.15) is 0 Å². The minimum atomic E-state index is 0.207. The molecule has 0 heterocycles. The molecule has 1 N–H and O–H groups in total. The van der Waals surface area contributed by atoms with Crippen LogP contribution >= 0.6 is 22.6 Å². The molecule has 0 bridgehead atoms. The first-order valence-corrected chi connectivity index (χ1v) is 7.46. The molecule has 0 fully saturated rings. The van der Waals surface area contributed by atoms with Crippen molar-refractivity contribution in [3.63, 3.8) is 0 Å². The SMILES string of the molecule is CC(C)Oc1cccc(CNc2cccc(I)c2)c1. The van der Waals surface area contributed by atoms with Crippen LogP contribution in [-0.2, 0) is 6.54 Å². The second kappa shape index (κ2) is 6.80. The Morgan fingerprint density at radius 1 is 1.11 bits per heavy atom. The van der Waals surface area contributed by atoms with Crippen LogP contribution < -0.4 is 10.1 Å². The third-order valence-corrected chi connectivity index (χ3v) is 3.26. The molecule has 0 aliphatic rings. The van der Waals surface area contributed by atoms with Gasteiger partial charge in [0.15, 0.2) is 0 Å². The zero-order valence-corrected chi connectivity index (χ0v) is 13.3. The Hall–Kier alpha value is -1.23. The zero-order chi connectivity index (χ0) is 13.7. The number of anilines is 1. The molecule has 0 aliphatic carbocycles. The van der Waals surface area contributed by atoms with E-state index >= 15 is 0 Å². The summed E-state index contributed by atoms with van der Waals surface area (Å²) >= 11 is 2.32. The van der Waals surface area contributed by atoms with Crippen LogP contribution in [0, 0.1) is 3.57 Å². The summed E-state index contributed by atoms with van der Waals surface area (Å²) < 4.78 is 6.93. The lowest BCUT2D eigenvalue weighted by molar-refractivity contribution is 0.242. The highest BCUT2D eigenvalue weighted by Crippen LogP contribution is 2.17. The van der Waals surface area contributed by atoms with Crippen LogP contribution in [0.2, 0.25) is 0 Å². The fraction of sp³-hybridized carbons (Fsp3) is 0.250. The Morgan fingerprint density at radius 2 is 1.89 bits per heavy atom. The van der Waals surface area contributed by atoms with E-state index in [4.69, 9.17) is 4.74 Å². The summed E-state index contributed by atoms with van der Waals surface area (Å²) in [5.74, 6) is 0.928. The van der Waals surface area contributed by atoms with E-state index in [1.807, 2.05) is 26.0 Å². The summed E-state index contributed by atoms with van der Waals surface area (Å²) in [4.78, 5) is 0. The van der Waals surface area contributed by atoms with Gasteiger partial charge < -0.3 is 10.1 Å². The van der Waals surface area contributed by atoms with E-state index in [0.29, 0.717) is 0 Å². The van der Waals surface area contributed by atoms with Crippen molar-refractivity contribution in [2.24, 2.45) is 0 Å². The first-order chi connectivity index (χ1) is 9.13. The van der Waals surface area contributed by atoms with Crippen LogP contribution in [-0.4, -0.2) is 6.10 Å². The summed E-state index contributed by atoms with van der Waals surface area (Å²) in [6, 6.07) is 16.6. The maximum atomic E-state index is 5.70. The Morgan fingerprint density at radius 3 is 2.63 bits per heavy atom. The fourth-order valence-electron chi connectivity index (χ4n) is 1.80. The molecule has 100 valence electrons. The van der Waals surface area contributed by atoms with E-state index in [9.17, 15) is 0 Å². The largest absolute Gasteiger partial charge is 0.491 e. The van der Waals surface area contributed by atoms with Gasteiger partial charge in [0, 0.05) is 15.8 Å². The van der Waals surface area contributed by atoms with Crippen molar-refractivity contribution in [1.29, 1.82) is 0 Å². The Labute approximate surface area is 128 Å². The summed E-state index contributed by atoms with van der Waals surface area (Å²) in [6.45, 7) is 4.88. The lowest BCUT2D eigenvalue weighted by Crippen LogP contribution is -2.06. The number of rotatable bonds is 5. The van der Waals surface area contributed by atoms with Crippen LogP contribution in [0.25, 0.3) is 0 Å². The first-order valence-electron chi connectivity index (χ1n) is 6.38. The molecule has 2 rings (SSSR count). The molecule has 0 saturated heterocycles. The van der Waals surface area contributed by atoms with Gasteiger partial charge in [-0.3, -0.25) is 0 Å². The Balaban J connectivity index is 1.99. The maximum Gasteiger partial charge on any atom is 0.120 e. The molecular weight excluding hydrogens is 349 g/mol. The van der Waals surface area contributed by atoms with Gasteiger partial charge in [0.05, 0.1) is 6.10 Å². The number of hydrogen-bond donors (Lipinski definition) is 1. The van der Waals surface area contributed by atoms with Crippen LogP contribution in [0.1, 0.15) is 19.4 Å². The molecule has 0 atom stereocenters. The van der Waals surface area contributed by atoms with Crippen molar-refractivity contribution in [3.8, 4) is 5.75 Å². The van der Waals surface area contributed by atoms with E-state index in [2.05, 4.69) is 64.3 Å². The number of halogens is 1. The quantitative estimate of drug-likeness (QED) is 0.775. The van der Waals surface area contributed by atoms with E-state index in [-0.39, 0.29) is 6.10 Å². The lowest BCUT2D eigenvalue weighted by atomic mass is 10.2. The topological polar surface area (TPSA) is 21.3 Å². The molecule has 2 nitrogen and oxygen atoms in total. The van der Waals surface area contributed by atoms with Crippen LogP contribution in [0.3, 0.4) is 0 Å². The molecule has 0 radical (unpaired) electrons. The average molecular weight is 367 g/mol. The smallest absolute Gasteiger partial charge is 0.120 e. The van der Waals surface area contributed by atoms with E-state index < -0.39 is 0 Å². The monoisotopic (exact) mass is 367 g/mol. The molecule has 3 heteroatoms. The van der Waals surface area contributed by atoms with E-state index in [1.54, 1.807) is 0 Å². The summed E-state index contributed by atoms with van der Waals surface area (Å²) in [5.41, 5.74) is 2.36. The summed E-state index contributed by atoms with van der Waals surface area (Å²) in [5, 5.41) is 3.42. The molecule has 19 heavy (non-hydrogen) atoms. The first kappa shape index (κ1) is 14.2. The van der Waals surface area contributed by atoms with Crippen molar-refractivity contribution in [2.45, 2.75) is 26.5 Å². The van der Waals surface area contributed by atoms with Crippen molar-refractivity contribution < 1.29 is 4.74 Å². The molecule has 0 amide bonds. The van der Waals surface area contributed by atoms with E-state index in [0.717, 1.165) is 18.0 Å². The van der Waals surface area contributed by atoms with Crippen molar-refractivity contribution in [2.75, 3.05) is 5.32 Å². The van der Waals surface area contributed by atoms with Gasteiger partial charge in [-0.25, -0.2) is 0 Å². The van der Waals surface area contributed by atoms with Gasteiger partial charge in [-0.15, -0.1) is 0 Å². The van der Waals surface area contributed by atoms with Crippen molar-refractivity contribution >= 4 is 28.3 Å². The van der Waals surface area contributed by atoms with Gasteiger partial charge in [0.1, 0.15) is 5.75 Å². The molecule has 0 aliphatic heterocycles. The highest BCUT2D eigenvalue weighted by Gasteiger charge is 2.00. The zero-order valence-electron chi connectivity index (χ0n) is 11.2. The van der Waals surface area contributed by atoms with Gasteiger partial charge in [0.2, 0.25) is 0 Å². The molecule has 0 aromatic heterocycles. The number of ether oxygens (including phenoxy) is 1. The fourth-order valence-corrected chi connectivity index (χ4v) is 2.35. The molecule has 2 aromatic carbocycles. The van der Waals surface area contributed by atoms with Crippen molar-refractivity contribution in [3.05, 3.63) is 57.7 Å². The van der Waals surface area contributed by atoms with Gasteiger partial charge in [-0.1, -0.05) is 18.2 Å². The highest BCUT2D eigenvalue weighted by atomic mass is 127. The molecule has 0 saturated carbocycles. The Kier molecular flexibility index (Phi) is 5.07. The van der Waals surface area contributed by atoms with Crippen molar-refractivity contribution in [1.82, 2.24) is 0 Å². The number of hydrogen-bond acceptors (Lipinski definition) is 2. The predicted octanol–water partition coefficient (Wildman–Crippen LogP) is 4.69. The summed E-state index contributed by atoms with van der Waals surface area (Å²) in [7, 11) is 0. The van der Waals surface area contributed by atoms with Gasteiger partial charge in [-0.05, 0) is 72.3 Å². The minimum absolute atomic E-state index is 0.207. The predicted molar refractivity (Wildman–Crippen MR) is 88.7 cm³/mol. The molecule has 2 aromatic rings. The molecule has 0 unspecified atom stereocenters. The summed E-state index contributed by atoms with van der Waals surface area (Å²) in [6.07, 6.45) is 0.207. The third-order valence-electron chi connectivity index (χ3n) is 2.59. The Bertz CT molecular complexity index is 540. The van der Waals surface area contributed by atoms with E-state index in [1.165, 1.54) is 9.13 Å². The lowest BCUT2D eigenvalue weighted by Gasteiger charge is -2.12. The third kappa shape index (κ3) is 4.74. The van der Waals surface area contributed by atoms with Gasteiger partial charge >= 0.3 is 0 Å². The average Bonchev–Trinajstić information content (AvgIpc) is 2.36. The second-order valence-corrected chi connectivity index (χ2v) is 5.92. The minimum Gasteiger partial charge on any atom is -0.491 e. The maximum absolute atomic E-state index is 5.70. The molecule has 0 spiro atoms. The number of nitrogens with one attached hydrogen (secondary N) is 1. The van der Waals surface area contributed by atoms with Gasteiger partial charge in [0.25, 0.3) is 0 Å². The van der Waals surface area contributed by atoms with Crippen LogP contribution in [0.15, 0.2) is 48.5 Å².